The molecule has 0 amide bonds. The van der Waals surface area contributed by atoms with Gasteiger partial charge in [0, 0.05) is 24.6 Å². The van der Waals surface area contributed by atoms with E-state index in [2.05, 4.69) is 11.4 Å². The molecule has 4 heteroatoms. The molecule has 2 aromatic rings. The lowest BCUT2D eigenvalue weighted by atomic mass is 10.0. The summed E-state index contributed by atoms with van der Waals surface area (Å²) in [6.45, 7) is 2.85. The molecule has 0 spiro atoms. The quantitative estimate of drug-likeness (QED) is 0.920. The summed E-state index contributed by atoms with van der Waals surface area (Å²) >= 11 is 12.4. The van der Waals surface area contributed by atoms with E-state index in [0.29, 0.717) is 16.0 Å². The Kier molecular flexibility index (Phi) is 4.16. The first-order chi connectivity index (χ1) is 9.74. The van der Waals surface area contributed by atoms with Gasteiger partial charge in [0.15, 0.2) is 0 Å². The van der Waals surface area contributed by atoms with Gasteiger partial charge in [-0.15, -0.1) is 0 Å². The van der Waals surface area contributed by atoms with Gasteiger partial charge in [0.05, 0.1) is 16.7 Å². The highest BCUT2D eigenvalue weighted by atomic mass is 35.5. The van der Waals surface area contributed by atoms with Crippen molar-refractivity contribution in [3.63, 3.8) is 0 Å². The Morgan fingerprint density at radius 1 is 1.10 bits per heavy atom. The van der Waals surface area contributed by atoms with Crippen LogP contribution < -0.4 is 10.1 Å². The van der Waals surface area contributed by atoms with Crippen molar-refractivity contribution in [3.05, 3.63) is 52.5 Å². The summed E-state index contributed by atoms with van der Waals surface area (Å²) in [4.78, 5) is 0. The lowest BCUT2D eigenvalue weighted by molar-refractivity contribution is 0.199. The van der Waals surface area contributed by atoms with Crippen LogP contribution in [0, 0.1) is 12.0 Å². The monoisotopic (exact) mass is 306 g/mol. The van der Waals surface area contributed by atoms with Crippen LogP contribution in [0.4, 0.5) is 0 Å². The Morgan fingerprint density at radius 2 is 1.75 bits per heavy atom. The van der Waals surface area contributed by atoms with Crippen molar-refractivity contribution >= 4 is 23.2 Å². The van der Waals surface area contributed by atoms with Gasteiger partial charge in [-0.1, -0.05) is 35.3 Å². The van der Waals surface area contributed by atoms with E-state index >= 15 is 0 Å². The third kappa shape index (κ3) is 2.93. The number of hydrogen-bond donors (Lipinski definition) is 1. The zero-order valence-electron chi connectivity index (χ0n) is 10.8. The maximum atomic E-state index is 6.18. The zero-order valence-corrected chi connectivity index (χ0v) is 12.3. The van der Waals surface area contributed by atoms with Crippen molar-refractivity contribution in [3.8, 4) is 16.9 Å². The van der Waals surface area contributed by atoms with Crippen molar-refractivity contribution in [1.29, 1.82) is 0 Å². The molecule has 1 aliphatic heterocycles. The van der Waals surface area contributed by atoms with E-state index in [1.165, 1.54) is 0 Å². The van der Waals surface area contributed by atoms with E-state index < -0.39 is 0 Å². The highest BCUT2D eigenvalue weighted by Gasteiger charge is 2.17. The minimum Gasteiger partial charge on any atom is -0.493 e. The predicted octanol–water partition coefficient (Wildman–Crippen LogP) is 4.06. The normalized spacial score (nSPS) is 14.9. The van der Waals surface area contributed by atoms with E-state index in [9.17, 15) is 0 Å². The number of hydrogen-bond acceptors (Lipinski definition) is 2. The first-order valence-electron chi connectivity index (χ1n) is 6.53. The van der Waals surface area contributed by atoms with Crippen LogP contribution in [0.1, 0.15) is 0 Å². The second-order valence-corrected chi connectivity index (χ2v) is 5.70. The zero-order chi connectivity index (χ0) is 13.9. The predicted molar refractivity (Wildman–Crippen MR) is 82.6 cm³/mol. The van der Waals surface area contributed by atoms with E-state index in [-0.39, 0.29) is 0 Å². The standard InChI is InChI=1S/C16H14Cl2NO/c17-14-2-1-3-15(18)16(14)12-4-6-13(7-5-12)20-10-11-8-19-9-11/h2-7,11,19H,8-10H2. The second kappa shape index (κ2) is 6.04. The van der Waals surface area contributed by atoms with Gasteiger partial charge >= 0.3 is 0 Å². The van der Waals surface area contributed by atoms with E-state index in [1.807, 2.05) is 24.3 Å². The fourth-order valence-corrected chi connectivity index (χ4v) is 2.72. The second-order valence-electron chi connectivity index (χ2n) is 4.89. The van der Waals surface area contributed by atoms with E-state index in [1.54, 1.807) is 12.1 Å². The van der Waals surface area contributed by atoms with Crippen LogP contribution in [-0.2, 0) is 0 Å². The Hall–Kier alpha value is -1.22. The summed E-state index contributed by atoms with van der Waals surface area (Å²) in [5, 5.41) is 4.44. The topological polar surface area (TPSA) is 21.3 Å². The van der Waals surface area contributed by atoms with Gasteiger partial charge in [-0.2, -0.15) is 0 Å². The van der Waals surface area contributed by atoms with Crippen LogP contribution in [0.3, 0.4) is 0 Å². The van der Waals surface area contributed by atoms with Gasteiger partial charge < -0.3 is 10.1 Å². The van der Waals surface area contributed by atoms with E-state index in [4.69, 9.17) is 27.9 Å². The Labute approximate surface area is 128 Å². The highest BCUT2D eigenvalue weighted by Crippen LogP contribution is 2.35. The van der Waals surface area contributed by atoms with Crippen molar-refractivity contribution in [1.82, 2.24) is 5.32 Å². The molecule has 1 aliphatic rings. The average Bonchev–Trinajstić information content (AvgIpc) is 2.38. The largest absolute Gasteiger partial charge is 0.493 e. The molecule has 0 atom stereocenters. The van der Waals surface area contributed by atoms with Crippen molar-refractivity contribution < 1.29 is 4.74 Å². The molecule has 103 valence electrons. The number of nitrogens with one attached hydrogen (secondary N) is 1. The van der Waals surface area contributed by atoms with Gasteiger partial charge in [0.2, 0.25) is 0 Å². The van der Waals surface area contributed by atoms with Gasteiger partial charge in [0.25, 0.3) is 0 Å². The molecular weight excluding hydrogens is 293 g/mol. The lowest BCUT2D eigenvalue weighted by Crippen LogP contribution is -2.45. The number of benzene rings is 2. The molecular formula is C16H14Cl2NO. The van der Waals surface area contributed by atoms with Gasteiger partial charge in [-0.05, 0) is 35.9 Å². The number of rotatable bonds is 4. The maximum absolute atomic E-state index is 6.18. The molecule has 0 bridgehead atoms. The molecule has 1 fully saturated rings. The molecule has 1 radical (unpaired) electrons. The third-order valence-electron chi connectivity index (χ3n) is 3.39. The smallest absolute Gasteiger partial charge is 0.119 e. The van der Waals surface area contributed by atoms with Crippen LogP contribution >= 0.6 is 23.2 Å². The average molecular weight is 307 g/mol. The summed E-state index contributed by atoms with van der Waals surface area (Å²) in [7, 11) is 0. The first-order valence-corrected chi connectivity index (χ1v) is 7.28. The highest BCUT2D eigenvalue weighted by molar-refractivity contribution is 6.39. The summed E-state index contributed by atoms with van der Waals surface area (Å²) < 4.78 is 5.75. The fraction of sp³-hybridized carbons (Fsp3) is 0.250. The number of ether oxygens (including phenoxy) is 1. The van der Waals surface area contributed by atoms with Crippen LogP contribution in [-0.4, -0.2) is 19.7 Å². The molecule has 1 saturated heterocycles. The van der Waals surface area contributed by atoms with Crippen molar-refractivity contribution in [2.75, 3.05) is 19.7 Å². The molecule has 0 saturated carbocycles. The third-order valence-corrected chi connectivity index (χ3v) is 3.99. The van der Waals surface area contributed by atoms with Crippen LogP contribution in [0.15, 0.2) is 36.4 Å². The van der Waals surface area contributed by atoms with Crippen LogP contribution in [0.25, 0.3) is 11.1 Å². The molecule has 0 unspecified atom stereocenters. The van der Waals surface area contributed by atoms with Gasteiger partial charge in [-0.3, -0.25) is 0 Å². The summed E-state index contributed by atoms with van der Waals surface area (Å²) in [6, 6.07) is 14.2. The minimum atomic E-state index is 0.603. The SMILES string of the molecule is Clc1c[c]cc(Cl)c1-c1ccc(OCC2CNC2)cc1. The van der Waals surface area contributed by atoms with Crippen LogP contribution in [0.5, 0.6) is 5.75 Å². The summed E-state index contributed by atoms with van der Waals surface area (Å²) in [5.74, 6) is 1.50. The fourth-order valence-electron chi connectivity index (χ4n) is 2.12. The Bertz CT molecular complexity index is 574. The van der Waals surface area contributed by atoms with Gasteiger partial charge in [-0.25, -0.2) is 0 Å². The summed E-state index contributed by atoms with van der Waals surface area (Å²) in [6.07, 6.45) is 0. The van der Waals surface area contributed by atoms with Gasteiger partial charge in [0.1, 0.15) is 5.75 Å². The number of halogens is 2. The Balaban J connectivity index is 1.75. The minimum absolute atomic E-state index is 0.603. The molecule has 2 nitrogen and oxygen atoms in total. The lowest BCUT2D eigenvalue weighted by Gasteiger charge is -2.26. The van der Waals surface area contributed by atoms with Crippen molar-refractivity contribution in [2.45, 2.75) is 0 Å². The molecule has 1 heterocycles. The Morgan fingerprint density at radius 3 is 2.30 bits per heavy atom. The molecule has 20 heavy (non-hydrogen) atoms. The summed E-state index contributed by atoms with van der Waals surface area (Å²) in [5.41, 5.74) is 1.81. The van der Waals surface area contributed by atoms with E-state index in [0.717, 1.165) is 36.6 Å². The molecule has 3 rings (SSSR count). The first kappa shape index (κ1) is 13.7. The molecule has 2 aromatic carbocycles. The molecule has 0 aromatic heterocycles. The van der Waals surface area contributed by atoms with Crippen molar-refractivity contribution in [2.24, 2.45) is 5.92 Å². The maximum Gasteiger partial charge on any atom is 0.119 e. The molecule has 0 aliphatic carbocycles. The molecule has 1 N–H and O–H groups in total. The van der Waals surface area contributed by atoms with Crippen LogP contribution in [0.2, 0.25) is 10.0 Å².